The predicted molar refractivity (Wildman–Crippen MR) is 82.8 cm³/mol. The third-order valence-corrected chi connectivity index (χ3v) is 3.23. The first-order valence-electron chi connectivity index (χ1n) is 6.77. The van der Waals surface area contributed by atoms with Crippen molar-refractivity contribution in [3.05, 3.63) is 29.8 Å². The van der Waals surface area contributed by atoms with E-state index in [1.165, 1.54) is 16.7 Å². The van der Waals surface area contributed by atoms with Gasteiger partial charge in [0, 0.05) is 25.3 Å². The Hall–Kier alpha value is -2.41. The van der Waals surface area contributed by atoms with Gasteiger partial charge in [-0.05, 0) is 38.2 Å². The van der Waals surface area contributed by atoms with Crippen molar-refractivity contribution < 1.29 is 19.5 Å². The number of aliphatic carboxylic acids is 1. The van der Waals surface area contributed by atoms with E-state index in [9.17, 15) is 14.4 Å². The van der Waals surface area contributed by atoms with Crippen LogP contribution in [-0.2, 0) is 9.59 Å². The van der Waals surface area contributed by atoms with Crippen molar-refractivity contribution in [3.63, 3.8) is 0 Å². The molecular formula is C15H21N3O4. The lowest BCUT2D eigenvalue weighted by atomic mass is 10.2. The lowest BCUT2D eigenvalue weighted by Gasteiger charge is -2.20. The summed E-state index contributed by atoms with van der Waals surface area (Å²) < 4.78 is 0. The van der Waals surface area contributed by atoms with E-state index in [0.717, 1.165) is 0 Å². The number of hydrogen-bond acceptors (Lipinski definition) is 4. The molecule has 0 radical (unpaired) electrons. The minimum atomic E-state index is -0.984. The molecule has 1 atom stereocenters. The van der Waals surface area contributed by atoms with Gasteiger partial charge in [-0.3, -0.25) is 19.3 Å². The van der Waals surface area contributed by atoms with Crippen LogP contribution < -0.4 is 5.32 Å². The summed E-state index contributed by atoms with van der Waals surface area (Å²) in [5, 5.41) is 11.5. The van der Waals surface area contributed by atoms with Crippen LogP contribution in [0.15, 0.2) is 24.3 Å². The van der Waals surface area contributed by atoms with E-state index in [0.29, 0.717) is 11.3 Å². The normalized spacial score (nSPS) is 11.9. The van der Waals surface area contributed by atoms with Crippen molar-refractivity contribution in [2.45, 2.75) is 13.0 Å². The molecular weight excluding hydrogens is 286 g/mol. The Balaban J connectivity index is 2.62. The second kappa shape index (κ2) is 7.56. The summed E-state index contributed by atoms with van der Waals surface area (Å²) in [6.07, 6.45) is 0. The number of carbonyl (C=O) groups excluding carboxylic acids is 2. The van der Waals surface area contributed by atoms with E-state index < -0.39 is 12.0 Å². The fraction of sp³-hybridized carbons (Fsp3) is 0.400. The largest absolute Gasteiger partial charge is 0.480 e. The van der Waals surface area contributed by atoms with Crippen LogP contribution in [0.2, 0.25) is 0 Å². The molecule has 0 bridgehead atoms. The van der Waals surface area contributed by atoms with Crippen molar-refractivity contribution in [3.8, 4) is 0 Å². The number of likely N-dealkylation sites (N-methyl/N-ethyl adjacent to an activating group) is 1. The number of carboxylic acid groups (broad SMARTS) is 1. The molecule has 1 unspecified atom stereocenters. The average Bonchev–Trinajstić information content (AvgIpc) is 2.45. The first-order valence-corrected chi connectivity index (χ1v) is 6.77. The minimum absolute atomic E-state index is 0.0359. The fourth-order valence-corrected chi connectivity index (χ4v) is 1.71. The van der Waals surface area contributed by atoms with E-state index in [1.807, 2.05) is 0 Å². The van der Waals surface area contributed by atoms with Crippen molar-refractivity contribution in [2.24, 2.45) is 0 Å². The van der Waals surface area contributed by atoms with Crippen molar-refractivity contribution >= 4 is 23.5 Å². The van der Waals surface area contributed by atoms with Crippen LogP contribution >= 0.6 is 0 Å². The maximum Gasteiger partial charge on any atom is 0.320 e. The molecule has 0 aliphatic rings. The summed E-state index contributed by atoms with van der Waals surface area (Å²) in [7, 11) is 4.90. The number of carboxylic acids is 1. The fourth-order valence-electron chi connectivity index (χ4n) is 1.71. The number of benzene rings is 1. The van der Waals surface area contributed by atoms with Gasteiger partial charge in [0.2, 0.25) is 5.91 Å². The SMILES string of the molecule is CC(C(=O)O)N(C)CC(=O)Nc1ccc(C(=O)N(C)C)cc1. The molecule has 1 aromatic rings. The topological polar surface area (TPSA) is 90.0 Å². The van der Waals surface area contributed by atoms with Crippen LogP contribution in [0.5, 0.6) is 0 Å². The predicted octanol–water partition coefficient (Wildman–Crippen LogP) is 0.732. The summed E-state index contributed by atoms with van der Waals surface area (Å²) in [4.78, 5) is 37.3. The van der Waals surface area contributed by atoms with E-state index in [-0.39, 0.29) is 18.4 Å². The number of hydrogen-bond donors (Lipinski definition) is 2. The highest BCUT2D eigenvalue weighted by Crippen LogP contribution is 2.11. The molecule has 0 fully saturated rings. The second-order valence-electron chi connectivity index (χ2n) is 5.25. The highest BCUT2D eigenvalue weighted by molar-refractivity contribution is 5.96. The van der Waals surface area contributed by atoms with Crippen molar-refractivity contribution in [2.75, 3.05) is 33.0 Å². The number of nitrogens with one attached hydrogen (secondary N) is 1. The third-order valence-electron chi connectivity index (χ3n) is 3.23. The van der Waals surface area contributed by atoms with Crippen molar-refractivity contribution in [1.82, 2.24) is 9.80 Å². The molecule has 0 heterocycles. The van der Waals surface area contributed by atoms with Crippen LogP contribution in [0.25, 0.3) is 0 Å². The Kier molecular flexibility index (Phi) is 6.06. The van der Waals surface area contributed by atoms with Crippen LogP contribution in [0.4, 0.5) is 5.69 Å². The van der Waals surface area contributed by atoms with E-state index in [4.69, 9.17) is 5.11 Å². The third kappa shape index (κ3) is 4.85. The number of rotatable bonds is 6. The first kappa shape index (κ1) is 17.6. The van der Waals surface area contributed by atoms with Crippen molar-refractivity contribution in [1.29, 1.82) is 0 Å². The smallest absolute Gasteiger partial charge is 0.320 e. The standard InChI is InChI=1S/C15H21N3O4/c1-10(15(21)22)18(4)9-13(19)16-12-7-5-11(6-8-12)14(20)17(2)3/h5-8,10H,9H2,1-4H3,(H,16,19)(H,21,22). The van der Waals surface area contributed by atoms with Gasteiger partial charge >= 0.3 is 5.97 Å². The van der Waals surface area contributed by atoms with Crippen LogP contribution in [0.1, 0.15) is 17.3 Å². The molecule has 7 heteroatoms. The van der Waals surface area contributed by atoms with Gasteiger partial charge in [-0.2, -0.15) is 0 Å². The van der Waals surface area contributed by atoms with Gasteiger partial charge in [-0.1, -0.05) is 0 Å². The maximum atomic E-state index is 11.9. The van der Waals surface area contributed by atoms with Gasteiger partial charge < -0.3 is 15.3 Å². The molecule has 0 saturated heterocycles. The molecule has 0 spiro atoms. The van der Waals surface area contributed by atoms with Crippen LogP contribution in [0, 0.1) is 0 Å². The average molecular weight is 307 g/mol. The lowest BCUT2D eigenvalue weighted by molar-refractivity contribution is -0.142. The van der Waals surface area contributed by atoms with E-state index >= 15 is 0 Å². The maximum absolute atomic E-state index is 11.9. The zero-order valence-electron chi connectivity index (χ0n) is 13.2. The summed E-state index contributed by atoms with van der Waals surface area (Å²) in [6.45, 7) is 1.48. The molecule has 7 nitrogen and oxygen atoms in total. The number of carbonyl (C=O) groups is 3. The molecule has 22 heavy (non-hydrogen) atoms. The Morgan fingerprint density at radius 3 is 2.14 bits per heavy atom. The molecule has 0 saturated carbocycles. The zero-order chi connectivity index (χ0) is 16.9. The molecule has 2 N–H and O–H groups in total. The Morgan fingerprint density at radius 1 is 1.14 bits per heavy atom. The number of amides is 2. The highest BCUT2D eigenvalue weighted by atomic mass is 16.4. The van der Waals surface area contributed by atoms with E-state index in [1.54, 1.807) is 45.4 Å². The molecule has 0 aliphatic carbocycles. The number of nitrogens with zero attached hydrogens (tertiary/aromatic N) is 2. The molecule has 1 aromatic carbocycles. The Morgan fingerprint density at radius 2 is 1.68 bits per heavy atom. The second-order valence-corrected chi connectivity index (χ2v) is 5.25. The zero-order valence-corrected chi connectivity index (χ0v) is 13.2. The Bertz CT molecular complexity index is 554. The van der Waals surface area contributed by atoms with Gasteiger partial charge in [-0.25, -0.2) is 0 Å². The summed E-state index contributed by atoms with van der Waals surface area (Å²) in [6, 6.07) is 5.78. The Labute approximate surface area is 129 Å². The van der Waals surface area contributed by atoms with Gasteiger partial charge in [0.1, 0.15) is 6.04 Å². The summed E-state index contributed by atoms with van der Waals surface area (Å²) >= 11 is 0. The summed E-state index contributed by atoms with van der Waals surface area (Å²) in [5.41, 5.74) is 1.08. The highest BCUT2D eigenvalue weighted by Gasteiger charge is 2.19. The molecule has 1 rings (SSSR count). The molecule has 2 amide bonds. The van der Waals surface area contributed by atoms with Gasteiger partial charge in [-0.15, -0.1) is 0 Å². The quantitative estimate of drug-likeness (QED) is 0.809. The van der Waals surface area contributed by atoms with E-state index in [2.05, 4.69) is 5.32 Å². The molecule has 120 valence electrons. The number of anilines is 1. The molecule has 0 aliphatic heterocycles. The molecule has 0 aromatic heterocycles. The first-order chi connectivity index (χ1) is 10.2. The van der Waals surface area contributed by atoms with Crippen LogP contribution in [0.3, 0.4) is 0 Å². The van der Waals surface area contributed by atoms with Gasteiger partial charge in [0.05, 0.1) is 6.54 Å². The monoisotopic (exact) mass is 307 g/mol. The minimum Gasteiger partial charge on any atom is -0.480 e. The van der Waals surface area contributed by atoms with Crippen LogP contribution in [-0.4, -0.2) is 66.4 Å². The lowest BCUT2D eigenvalue weighted by Crippen LogP contribution is -2.40. The van der Waals surface area contributed by atoms with Gasteiger partial charge in [0.25, 0.3) is 5.91 Å². The van der Waals surface area contributed by atoms with Gasteiger partial charge in [0.15, 0.2) is 0 Å². The summed E-state index contributed by atoms with van der Waals surface area (Å²) in [5.74, 6) is -1.42.